The second-order valence-corrected chi connectivity index (χ2v) is 6.25. The van der Waals surface area contributed by atoms with Gasteiger partial charge in [-0.15, -0.1) is 0 Å². The fourth-order valence-electron chi connectivity index (χ4n) is 2.62. The molecule has 1 saturated carbocycles. The van der Waals surface area contributed by atoms with Crippen LogP contribution in [0, 0.1) is 5.92 Å². The van der Waals surface area contributed by atoms with Gasteiger partial charge in [0.25, 0.3) is 0 Å². The molecule has 6 nitrogen and oxygen atoms in total. The molecule has 2 N–H and O–H groups in total. The summed E-state index contributed by atoms with van der Waals surface area (Å²) in [5.74, 6) is 1.11. The molecule has 0 heterocycles. The lowest BCUT2D eigenvalue weighted by molar-refractivity contribution is -0.117. The molecule has 3 rings (SSSR count). The Morgan fingerprint density at radius 2 is 1.63 bits per heavy atom. The second kappa shape index (κ2) is 8.40. The van der Waals surface area contributed by atoms with Gasteiger partial charge < -0.3 is 20.1 Å². The number of benzene rings is 2. The van der Waals surface area contributed by atoms with Crippen molar-refractivity contribution in [3.8, 4) is 11.5 Å². The second-order valence-electron chi connectivity index (χ2n) is 6.25. The van der Waals surface area contributed by atoms with Crippen LogP contribution in [0.15, 0.2) is 48.5 Å². The Labute approximate surface area is 158 Å². The lowest BCUT2D eigenvalue weighted by atomic mass is 10.1. The van der Waals surface area contributed by atoms with E-state index in [0.29, 0.717) is 17.2 Å². The molecule has 0 unspecified atom stereocenters. The van der Waals surface area contributed by atoms with Gasteiger partial charge in [0.15, 0.2) is 11.5 Å². The van der Waals surface area contributed by atoms with Gasteiger partial charge in [-0.05, 0) is 49.2 Å². The first kappa shape index (κ1) is 18.5. The molecule has 1 aliphatic rings. The Kier molecular flexibility index (Phi) is 5.76. The van der Waals surface area contributed by atoms with Crippen LogP contribution in [0.1, 0.15) is 18.4 Å². The van der Waals surface area contributed by atoms with Gasteiger partial charge in [-0.2, -0.15) is 0 Å². The Morgan fingerprint density at radius 3 is 2.22 bits per heavy atom. The summed E-state index contributed by atoms with van der Waals surface area (Å²) in [6, 6.07) is 12.5. The van der Waals surface area contributed by atoms with E-state index in [0.717, 1.165) is 24.1 Å². The topological polar surface area (TPSA) is 76.7 Å². The summed E-state index contributed by atoms with van der Waals surface area (Å²) in [7, 11) is 3.12. The number of hydrogen-bond acceptors (Lipinski definition) is 4. The highest BCUT2D eigenvalue weighted by Crippen LogP contribution is 2.31. The minimum atomic E-state index is -0.269. The molecule has 27 heavy (non-hydrogen) atoms. The summed E-state index contributed by atoms with van der Waals surface area (Å²) < 4.78 is 10.6. The van der Waals surface area contributed by atoms with Crippen molar-refractivity contribution >= 4 is 29.3 Å². The summed E-state index contributed by atoms with van der Waals surface area (Å²) in [6.07, 6.45) is 5.02. The van der Waals surface area contributed by atoms with E-state index in [9.17, 15) is 9.59 Å². The van der Waals surface area contributed by atoms with E-state index in [1.165, 1.54) is 6.08 Å². The Morgan fingerprint density at radius 1 is 0.963 bits per heavy atom. The maximum atomic E-state index is 12.2. The number of para-hydroxylation sites is 1. The summed E-state index contributed by atoms with van der Waals surface area (Å²) in [6.45, 7) is 0. The highest BCUT2D eigenvalue weighted by molar-refractivity contribution is 6.02. The van der Waals surface area contributed by atoms with Crippen molar-refractivity contribution < 1.29 is 19.1 Å². The third-order valence-corrected chi connectivity index (χ3v) is 4.22. The minimum Gasteiger partial charge on any atom is -0.493 e. The molecule has 0 bridgehead atoms. The van der Waals surface area contributed by atoms with Crippen LogP contribution in [-0.2, 0) is 9.59 Å². The molecule has 2 aromatic rings. The van der Waals surface area contributed by atoms with Gasteiger partial charge in [-0.3, -0.25) is 9.59 Å². The number of amides is 2. The van der Waals surface area contributed by atoms with Crippen molar-refractivity contribution in [1.82, 2.24) is 0 Å². The van der Waals surface area contributed by atoms with E-state index in [4.69, 9.17) is 9.47 Å². The fourth-order valence-corrected chi connectivity index (χ4v) is 2.62. The normalized spacial score (nSPS) is 13.3. The molecule has 0 aromatic heterocycles. The van der Waals surface area contributed by atoms with Gasteiger partial charge in [-0.25, -0.2) is 0 Å². The van der Waals surface area contributed by atoms with E-state index >= 15 is 0 Å². The maximum absolute atomic E-state index is 12.2. The van der Waals surface area contributed by atoms with Gasteiger partial charge in [-0.1, -0.05) is 12.1 Å². The minimum absolute atomic E-state index is 0.0574. The first-order valence-electron chi connectivity index (χ1n) is 8.71. The van der Waals surface area contributed by atoms with E-state index in [1.54, 1.807) is 50.6 Å². The number of carbonyl (C=O) groups excluding carboxylic acids is 2. The standard InChI is InChI=1S/C21H22N2O4/c1-26-18-5-3-4-14(20(18)27-2)8-13-19(24)22-16-9-11-17(12-10-16)23-21(25)15-6-7-15/h3-5,8-13,15H,6-7H2,1-2H3,(H,22,24)(H,23,25). The van der Waals surface area contributed by atoms with Crippen LogP contribution in [0.5, 0.6) is 11.5 Å². The van der Waals surface area contributed by atoms with Crippen molar-refractivity contribution in [3.05, 3.63) is 54.1 Å². The van der Waals surface area contributed by atoms with Crippen LogP contribution in [0.25, 0.3) is 6.08 Å². The molecule has 0 atom stereocenters. The zero-order chi connectivity index (χ0) is 19.2. The maximum Gasteiger partial charge on any atom is 0.248 e. The van der Waals surface area contributed by atoms with Crippen molar-refractivity contribution in [3.63, 3.8) is 0 Å². The Bertz CT molecular complexity index is 855. The molecule has 0 saturated heterocycles. The number of anilines is 2. The first-order valence-corrected chi connectivity index (χ1v) is 8.71. The summed E-state index contributed by atoms with van der Waals surface area (Å²) in [5.41, 5.74) is 2.11. The van der Waals surface area contributed by atoms with Crippen LogP contribution < -0.4 is 20.1 Å². The molecule has 1 fully saturated rings. The zero-order valence-corrected chi connectivity index (χ0v) is 15.3. The van der Waals surface area contributed by atoms with Crippen LogP contribution >= 0.6 is 0 Å². The van der Waals surface area contributed by atoms with Gasteiger partial charge >= 0.3 is 0 Å². The van der Waals surface area contributed by atoms with Gasteiger partial charge in [0.05, 0.1) is 14.2 Å². The monoisotopic (exact) mass is 366 g/mol. The SMILES string of the molecule is COc1cccc(C=CC(=O)Nc2ccc(NC(=O)C3CC3)cc2)c1OC. The summed E-state index contributed by atoms with van der Waals surface area (Å²) in [5, 5.41) is 5.65. The Balaban J connectivity index is 1.60. The molecular formula is C21H22N2O4. The fraction of sp³-hybridized carbons (Fsp3) is 0.238. The van der Waals surface area contributed by atoms with E-state index in [2.05, 4.69) is 10.6 Å². The summed E-state index contributed by atoms with van der Waals surface area (Å²) >= 11 is 0. The molecule has 2 amide bonds. The molecular weight excluding hydrogens is 344 g/mol. The molecule has 1 aliphatic carbocycles. The largest absolute Gasteiger partial charge is 0.493 e. The van der Waals surface area contributed by atoms with Gasteiger partial charge in [0, 0.05) is 28.9 Å². The molecule has 0 radical (unpaired) electrons. The van der Waals surface area contributed by atoms with Crippen LogP contribution in [0.3, 0.4) is 0 Å². The third-order valence-electron chi connectivity index (χ3n) is 4.22. The van der Waals surface area contributed by atoms with Crippen LogP contribution in [-0.4, -0.2) is 26.0 Å². The molecule has 0 aliphatic heterocycles. The quantitative estimate of drug-likeness (QED) is 0.733. The van der Waals surface area contributed by atoms with Crippen molar-refractivity contribution in [2.45, 2.75) is 12.8 Å². The average Bonchev–Trinajstić information content (AvgIpc) is 3.52. The molecule has 0 spiro atoms. The van der Waals surface area contributed by atoms with Gasteiger partial charge in [0.1, 0.15) is 0 Å². The van der Waals surface area contributed by atoms with Crippen molar-refractivity contribution in [2.75, 3.05) is 24.9 Å². The van der Waals surface area contributed by atoms with E-state index in [1.807, 2.05) is 12.1 Å². The smallest absolute Gasteiger partial charge is 0.248 e. The van der Waals surface area contributed by atoms with E-state index < -0.39 is 0 Å². The predicted octanol–water partition coefficient (Wildman–Crippen LogP) is 3.70. The number of carbonyl (C=O) groups is 2. The number of methoxy groups -OCH3 is 2. The van der Waals surface area contributed by atoms with Crippen LogP contribution in [0.4, 0.5) is 11.4 Å². The lowest BCUT2D eigenvalue weighted by Gasteiger charge is -2.10. The van der Waals surface area contributed by atoms with Crippen molar-refractivity contribution in [2.24, 2.45) is 5.92 Å². The van der Waals surface area contributed by atoms with Gasteiger partial charge in [0.2, 0.25) is 11.8 Å². The summed E-state index contributed by atoms with van der Waals surface area (Å²) in [4.78, 5) is 23.9. The zero-order valence-electron chi connectivity index (χ0n) is 15.3. The predicted molar refractivity (Wildman–Crippen MR) is 105 cm³/mol. The highest BCUT2D eigenvalue weighted by atomic mass is 16.5. The molecule has 140 valence electrons. The number of rotatable bonds is 7. The number of nitrogens with one attached hydrogen (secondary N) is 2. The van der Waals surface area contributed by atoms with Crippen molar-refractivity contribution in [1.29, 1.82) is 0 Å². The number of hydrogen-bond donors (Lipinski definition) is 2. The Hall–Kier alpha value is -3.28. The van der Waals surface area contributed by atoms with Crippen LogP contribution in [0.2, 0.25) is 0 Å². The highest BCUT2D eigenvalue weighted by Gasteiger charge is 2.29. The lowest BCUT2D eigenvalue weighted by Crippen LogP contribution is -2.13. The average molecular weight is 366 g/mol. The third kappa shape index (κ3) is 4.88. The molecule has 6 heteroatoms. The first-order chi connectivity index (χ1) is 13.1. The molecule has 2 aromatic carbocycles. The van der Waals surface area contributed by atoms with E-state index in [-0.39, 0.29) is 17.7 Å². The number of ether oxygens (including phenoxy) is 2.